The van der Waals surface area contributed by atoms with Crippen LogP contribution in [0.4, 0.5) is 0 Å². The van der Waals surface area contributed by atoms with E-state index in [1.165, 1.54) is 25.7 Å². The molecule has 0 aliphatic heterocycles. The lowest BCUT2D eigenvalue weighted by atomic mass is 9.80. The van der Waals surface area contributed by atoms with Crippen molar-refractivity contribution < 1.29 is 9.47 Å². The molecule has 1 atom stereocenters. The summed E-state index contributed by atoms with van der Waals surface area (Å²) in [5, 5.41) is 1.07. The fraction of sp³-hybridized carbons (Fsp3) is 1.00. The zero-order valence-electron chi connectivity index (χ0n) is 14.1. The highest BCUT2D eigenvalue weighted by Crippen LogP contribution is 2.33. The van der Waals surface area contributed by atoms with Crippen LogP contribution in [0.2, 0.25) is 0 Å². The molecular weight excluding hydrogens is 318 g/mol. The zero-order valence-corrected chi connectivity index (χ0v) is 15.7. The summed E-state index contributed by atoms with van der Waals surface area (Å²) < 4.78 is 10.6. The summed E-state index contributed by atoms with van der Waals surface area (Å²) in [5.41, 5.74) is 0.374. The van der Waals surface area contributed by atoms with Gasteiger partial charge < -0.3 is 9.47 Å². The number of ether oxygens (including phenoxy) is 2. The second-order valence-corrected chi connectivity index (χ2v) is 6.46. The molecule has 4 heteroatoms. The highest BCUT2D eigenvalue weighted by Gasteiger charge is 2.31. The van der Waals surface area contributed by atoms with Gasteiger partial charge in [0.2, 0.25) is 0 Å². The average Bonchev–Trinajstić information content (AvgIpc) is 2.44. The van der Waals surface area contributed by atoms with Gasteiger partial charge >= 0.3 is 0 Å². The van der Waals surface area contributed by atoms with E-state index in [4.69, 9.17) is 9.47 Å². The lowest BCUT2D eigenvalue weighted by Gasteiger charge is -2.40. The van der Waals surface area contributed by atoms with Crippen molar-refractivity contribution in [2.45, 2.75) is 52.5 Å². The molecule has 0 bridgehead atoms. The van der Waals surface area contributed by atoms with E-state index in [1.807, 2.05) is 0 Å². The van der Waals surface area contributed by atoms with E-state index in [2.05, 4.69) is 41.6 Å². The van der Waals surface area contributed by atoms with Gasteiger partial charge in [-0.3, -0.25) is 4.90 Å². The molecule has 0 N–H and O–H groups in total. The Kier molecular flexibility index (Phi) is 12.2. The van der Waals surface area contributed by atoms with Crippen molar-refractivity contribution in [1.82, 2.24) is 4.90 Å². The second-order valence-electron chi connectivity index (χ2n) is 5.90. The number of halogens is 1. The normalized spacial score (nSPS) is 13.9. The number of rotatable bonds is 13. The fourth-order valence-electron chi connectivity index (χ4n) is 2.96. The van der Waals surface area contributed by atoms with E-state index < -0.39 is 0 Å². The monoisotopic (exact) mass is 351 g/mol. The lowest BCUT2D eigenvalue weighted by Crippen LogP contribution is -2.46. The molecule has 20 heavy (non-hydrogen) atoms. The van der Waals surface area contributed by atoms with Crippen LogP contribution in [0, 0.1) is 5.41 Å². The Hall–Kier alpha value is 0.360. The van der Waals surface area contributed by atoms with Gasteiger partial charge in [0.1, 0.15) is 0 Å². The van der Waals surface area contributed by atoms with Crippen LogP contribution in [0.5, 0.6) is 0 Å². The minimum atomic E-state index is 0.374. The smallest absolute Gasteiger partial charge is 0.0615 e. The first-order chi connectivity index (χ1) is 9.59. The Balaban J connectivity index is 4.83. The second kappa shape index (κ2) is 12.0. The van der Waals surface area contributed by atoms with E-state index in [9.17, 15) is 0 Å². The van der Waals surface area contributed by atoms with Gasteiger partial charge in [-0.1, -0.05) is 42.6 Å². The first-order valence-corrected chi connectivity index (χ1v) is 8.99. The standard InChI is InChI=1S/C16H34BrNO2/c1-6-8-16(13-17,9-7-2)14-18(10-11-19-4)15(3)12-20-5/h15H,6-14H2,1-5H3. The van der Waals surface area contributed by atoms with E-state index in [0.29, 0.717) is 11.5 Å². The molecule has 0 heterocycles. The maximum Gasteiger partial charge on any atom is 0.0615 e. The summed E-state index contributed by atoms with van der Waals surface area (Å²) in [6, 6.07) is 0.433. The zero-order chi connectivity index (χ0) is 15.4. The molecule has 0 aromatic carbocycles. The van der Waals surface area contributed by atoms with Crippen LogP contribution in [0.25, 0.3) is 0 Å². The number of methoxy groups -OCH3 is 2. The third kappa shape index (κ3) is 7.39. The van der Waals surface area contributed by atoms with Crippen LogP contribution in [0.15, 0.2) is 0 Å². The van der Waals surface area contributed by atoms with Crippen molar-refractivity contribution in [2.75, 3.05) is 45.9 Å². The summed E-state index contributed by atoms with van der Waals surface area (Å²) in [4.78, 5) is 2.53. The number of hydrogen-bond donors (Lipinski definition) is 0. The predicted molar refractivity (Wildman–Crippen MR) is 90.8 cm³/mol. The molecule has 1 unspecified atom stereocenters. The molecule has 0 fully saturated rings. The molecule has 0 aromatic rings. The molecule has 0 radical (unpaired) electrons. The third-order valence-electron chi connectivity index (χ3n) is 4.00. The minimum Gasteiger partial charge on any atom is -0.383 e. The molecule has 0 aliphatic rings. The van der Waals surface area contributed by atoms with Crippen LogP contribution in [0.3, 0.4) is 0 Å². The van der Waals surface area contributed by atoms with Gasteiger partial charge in [0.25, 0.3) is 0 Å². The largest absolute Gasteiger partial charge is 0.383 e. The Morgan fingerprint density at radius 3 is 2.10 bits per heavy atom. The predicted octanol–water partition coefficient (Wildman–Crippen LogP) is 3.95. The van der Waals surface area contributed by atoms with Gasteiger partial charge in [-0.25, -0.2) is 0 Å². The van der Waals surface area contributed by atoms with Gasteiger partial charge in [-0.05, 0) is 25.2 Å². The van der Waals surface area contributed by atoms with Gasteiger partial charge in [0.15, 0.2) is 0 Å². The topological polar surface area (TPSA) is 21.7 Å². The molecule has 0 saturated carbocycles. The quantitative estimate of drug-likeness (QED) is 0.469. The van der Waals surface area contributed by atoms with E-state index in [-0.39, 0.29) is 0 Å². The highest BCUT2D eigenvalue weighted by atomic mass is 79.9. The van der Waals surface area contributed by atoms with Crippen LogP contribution >= 0.6 is 15.9 Å². The Morgan fingerprint density at radius 1 is 1.10 bits per heavy atom. The van der Waals surface area contributed by atoms with E-state index >= 15 is 0 Å². The molecule has 0 amide bonds. The average molecular weight is 352 g/mol. The summed E-state index contributed by atoms with van der Waals surface area (Å²) in [6.07, 6.45) is 5.02. The molecular formula is C16H34BrNO2. The highest BCUT2D eigenvalue weighted by molar-refractivity contribution is 9.09. The van der Waals surface area contributed by atoms with Crippen molar-refractivity contribution in [3.05, 3.63) is 0 Å². The first kappa shape index (κ1) is 20.4. The fourth-order valence-corrected chi connectivity index (χ4v) is 3.70. The van der Waals surface area contributed by atoms with Gasteiger partial charge in [-0.15, -0.1) is 0 Å². The molecule has 0 rings (SSSR count). The van der Waals surface area contributed by atoms with Crippen LogP contribution in [0.1, 0.15) is 46.5 Å². The minimum absolute atomic E-state index is 0.374. The molecule has 0 aliphatic carbocycles. The third-order valence-corrected chi connectivity index (χ3v) is 5.19. The van der Waals surface area contributed by atoms with Crippen molar-refractivity contribution in [1.29, 1.82) is 0 Å². The molecule has 122 valence electrons. The molecule has 0 spiro atoms. The van der Waals surface area contributed by atoms with Crippen molar-refractivity contribution in [3.8, 4) is 0 Å². The maximum atomic E-state index is 5.34. The molecule has 0 saturated heterocycles. The Labute approximate surface area is 134 Å². The van der Waals surface area contributed by atoms with E-state index in [0.717, 1.165) is 31.6 Å². The summed E-state index contributed by atoms with van der Waals surface area (Å²) in [7, 11) is 3.55. The van der Waals surface area contributed by atoms with Gasteiger partial charge in [0, 0.05) is 38.7 Å². The molecule has 0 aromatic heterocycles. The Morgan fingerprint density at radius 2 is 1.70 bits per heavy atom. The van der Waals surface area contributed by atoms with Crippen molar-refractivity contribution in [3.63, 3.8) is 0 Å². The van der Waals surface area contributed by atoms with E-state index in [1.54, 1.807) is 14.2 Å². The first-order valence-electron chi connectivity index (χ1n) is 7.87. The maximum absolute atomic E-state index is 5.34. The van der Waals surface area contributed by atoms with Crippen molar-refractivity contribution >= 4 is 15.9 Å². The van der Waals surface area contributed by atoms with Gasteiger partial charge in [-0.2, -0.15) is 0 Å². The van der Waals surface area contributed by atoms with Crippen LogP contribution in [-0.2, 0) is 9.47 Å². The van der Waals surface area contributed by atoms with Crippen molar-refractivity contribution in [2.24, 2.45) is 5.41 Å². The van der Waals surface area contributed by atoms with Crippen LogP contribution < -0.4 is 0 Å². The SMILES string of the molecule is CCCC(CBr)(CCC)CN(CCOC)C(C)COC. The number of alkyl halides is 1. The van der Waals surface area contributed by atoms with Gasteiger partial charge in [0.05, 0.1) is 13.2 Å². The van der Waals surface area contributed by atoms with Crippen LogP contribution in [-0.4, -0.2) is 56.8 Å². The summed E-state index contributed by atoms with van der Waals surface area (Å²) in [6.45, 7) is 10.5. The lowest BCUT2D eigenvalue weighted by molar-refractivity contribution is 0.0435. The summed E-state index contributed by atoms with van der Waals surface area (Å²) in [5.74, 6) is 0. The Bertz CT molecular complexity index is 221. The number of hydrogen-bond acceptors (Lipinski definition) is 3. The molecule has 3 nitrogen and oxygen atoms in total. The number of nitrogens with zero attached hydrogens (tertiary/aromatic N) is 1. The summed E-state index contributed by atoms with van der Waals surface area (Å²) >= 11 is 3.77.